The summed E-state index contributed by atoms with van der Waals surface area (Å²) in [6.07, 6.45) is 0.643. The van der Waals surface area contributed by atoms with Gasteiger partial charge in [-0.1, -0.05) is 43.6 Å². The highest BCUT2D eigenvalue weighted by Gasteiger charge is 2.27. The Hall–Kier alpha value is -3.86. The monoisotopic (exact) mass is 595 g/mol. The zero-order chi connectivity index (χ0) is 30.6. The first kappa shape index (κ1) is 31.1. The molecule has 2 amide bonds. The van der Waals surface area contributed by atoms with Crippen molar-refractivity contribution in [3.05, 3.63) is 80.9 Å². The van der Waals surface area contributed by atoms with Gasteiger partial charge in [0.15, 0.2) is 0 Å². The lowest BCUT2D eigenvalue weighted by molar-refractivity contribution is -0.118. The molecule has 224 valence electrons. The van der Waals surface area contributed by atoms with Gasteiger partial charge >= 0.3 is 0 Å². The van der Waals surface area contributed by atoms with Crippen LogP contribution in [0.25, 0.3) is 16.7 Å². The summed E-state index contributed by atoms with van der Waals surface area (Å²) in [4.78, 5) is 42.0. The number of amides is 2. The van der Waals surface area contributed by atoms with Crippen LogP contribution in [0.3, 0.4) is 0 Å². The summed E-state index contributed by atoms with van der Waals surface area (Å²) in [5.41, 5.74) is 1.50. The zero-order valence-corrected chi connectivity index (χ0v) is 25.7. The van der Waals surface area contributed by atoms with Crippen LogP contribution in [-0.4, -0.2) is 60.4 Å². The first-order valence-corrected chi connectivity index (χ1v) is 14.1. The van der Waals surface area contributed by atoms with E-state index in [1.165, 1.54) is 0 Å². The van der Waals surface area contributed by atoms with Crippen molar-refractivity contribution in [2.75, 3.05) is 39.6 Å². The molecule has 2 heterocycles. The first-order valence-electron chi connectivity index (χ1n) is 13.7. The van der Waals surface area contributed by atoms with E-state index in [9.17, 15) is 14.4 Å². The largest absolute Gasteiger partial charge is 0.458 e. The summed E-state index contributed by atoms with van der Waals surface area (Å²) in [5, 5.41) is 6.91. The van der Waals surface area contributed by atoms with Crippen LogP contribution in [0.1, 0.15) is 42.1 Å². The van der Waals surface area contributed by atoms with Gasteiger partial charge in [-0.25, -0.2) is 4.68 Å². The van der Waals surface area contributed by atoms with Crippen LogP contribution in [0.5, 0.6) is 0 Å². The molecule has 11 heteroatoms. The van der Waals surface area contributed by atoms with Crippen LogP contribution in [0.2, 0.25) is 5.02 Å². The van der Waals surface area contributed by atoms with Crippen LogP contribution >= 0.6 is 11.6 Å². The lowest BCUT2D eigenvalue weighted by Gasteiger charge is -2.24. The van der Waals surface area contributed by atoms with E-state index in [-0.39, 0.29) is 42.6 Å². The number of aromatic nitrogens is 2. The average Bonchev–Trinajstić information content (AvgIpc) is 3.43. The van der Waals surface area contributed by atoms with E-state index >= 15 is 0 Å². The van der Waals surface area contributed by atoms with Crippen LogP contribution in [0.15, 0.2) is 57.7 Å². The number of rotatable bonds is 12. The number of ether oxygens (including phenoxy) is 1. The molecule has 4 aromatic rings. The topological polar surface area (TPSA) is 111 Å². The summed E-state index contributed by atoms with van der Waals surface area (Å²) >= 11 is 6.27. The quantitative estimate of drug-likeness (QED) is 0.247. The minimum absolute atomic E-state index is 0.0732. The van der Waals surface area contributed by atoms with E-state index in [1.54, 1.807) is 34.7 Å². The van der Waals surface area contributed by atoms with Crippen molar-refractivity contribution in [3.63, 3.8) is 0 Å². The summed E-state index contributed by atoms with van der Waals surface area (Å²) in [6, 6.07) is 14.4. The molecule has 0 saturated heterocycles. The molecular weight excluding hydrogens is 558 g/mol. The van der Waals surface area contributed by atoms with E-state index in [0.29, 0.717) is 46.0 Å². The van der Waals surface area contributed by atoms with Crippen LogP contribution in [0.4, 0.5) is 5.69 Å². The summed E-state index contributed by atoms with van der Waals surface area (Å²) < 4.78 is 14.3. The highest BCUT2D eigenvalue weighted by Crippen LogP contribution is 2.28. The van der Waals surface area contributed by atoms with Gasteiger partial charge in [-0.05, 0) is 49.8 Å². The molecule has 0 fully saturated rings. The predicted molar refractivity (Wildman–Crippen MR) is 165 cm³/mol. The lowest BCUT2D eigenvalue weighted by Crippen LogP contribution is -2.36. The van der Waals surface area contributed by atoms with E-state index in [0.717, 1.165) is 5.69 Å². The normalized spacial score (nSPS) is 11.8. The highest BCUT2D eigenvalue weighted by atomic mass is 35.5. The number of furan rings is 1. The van der Waals surface area contributed by atoms with Gasteiger partial charge in [0.2, 0.25) is 5.91 Å². The Bertz CT molecular complexity index is 1630. The molecule has 4 rings (SSSR count). The second-order valence-corrected chi connectivity index (χ2v) is 11.9. The van der Waals surface area contributed by atoms with Crippen LogP contribution < -0.4 is 16.2 Å². The maximum absolute atomic E-state index is 13.5. The molecule has 0 atom stereocenters. The molecule has 0 aliphatic carbocycles. The molecule has 2 aromatic carbocycles. The fraction of sp³-hybridized carbons (Fsp3) is 0.387. The van der Waals surface area contributed by atoms with Crippen LogP contribution in [-0.2, 0) is 29.6 Å². The Labute approximate surface area is 250 Å². The number of methoxy groups -OCH3 is 1. The minimum atomic E-state index is -0.626. The third kappa shape index (κ3) is 7.13. The van der Waals surface area contributed by atoms with Gasteiger partial charge in [-0.3, -0.25) is 19.1 Å². The standard InChI is InChI=1S/C31H38ClN5O5/c1-31(2,19-33-29(39)24-16-21(32)14-20-15-23(18-41-6)42-28(20)24)17-26(38)34-27-25(12-13-35(3)4)36(5)37(30(27)40)22-10-8-7-9-11-22/h7-11,14-16H,12-13,17-19H2,1-6H3,(H,33,39)(H,34,38). The number of anilines is 1. The maximum atomic E-state index is 13.5. The average molecular weight is 596 g/mol. The van der Waals surface area contributed by atoms with Crippen molar-refractivity contribution in [2.45, 2.75) is 33.3 Å². The summed E-state index contributed by atoms with van der Waals surface area (Å²) in [6.45, 7) is 4.93. The zero-order valence-electron chi connectivity index (χ0n) is 24.9. The number of likely N-dealkylation sites (N-methyl/N-ethyl adjacent to an activating group) is 1. The molecule has 2 N–H and O–H groups in total. The van der Waals surface area contributed by atoms with Crippen molar-refractivity contribution >= 4 is 40.1 Å². The SMILES string of the molecule is COCc1cc2cc(Cl)cc(C(=O)NCC(C)(C)CC(=O)Nc3c(CCN(C)C)n(C)n(-c4ccccc4)c3=O)c2o1. The van der Waals surface area contributed by atoms with Gasteiger partial charge in [0, 0.05) is 50.5 Å². The minimum Gasteiger partial charge on any atom is -0.458 e. The Morgan fingerprint density at radius 3 is 2.50 bits per heavy atom. The van der Waals surface area contributed by atoms with E-state index < -0.39 is 5.41 Å². The first-order chi connectivity index (χ1) is 19.9. The number of benzene rings is 2. The molecule has 0 unspecified atom stereocenters. The van der Waals surface area contributed by atoms with Crippen molar-refractivity contribution in [1.29, 1.82) is 0 Å². The number of para-hydroxylation sites is 1. The smallest absolute Gasteiger partial charge is 0.295 e. The molecule has 0 spiro atoms. The number of nitrogens with zero attached hydrogens (tertiary/aromatic N) is 3. The number of nitrogens with one attached hydrogen (secondary N) is 2. The fourth-order valence-electron chi connectivity index (χ4n) is 4.90. The van der Waals surface area contributed by atoms with Crippen molar-refractivity contribution < 1.29 is 18.7 Å². The van der Waals surface area contributed by atoms with Gasteiger partial charge in [0.1, 0.15) is 23.6 Å². The molecule has 0 bridgehead atoms. The molecule has 0 saturated carbocycles. The lowest BCUT2D eigenvalue weighted by atomic mass is 9.88. The van der Waals surface area contributed by atoms with Gasteiger partial charge in [0.05, 0.1) is 16.9 Å². The summed E-state index contributed by atoms with van der Waals surface area (Å²) in [7, 11) is 7.30. The van der Waals surface area contributed by atoms with E-state index in [1.807, 2.05) is 70.2 Å². The highest BCUT2D eigenvalue weighted by molar-refractivity contribution is 6.32. The van der Waals surface area contributed by atoms with E-state index in [2.05, 4.69) is 10.6 Å². The number of fused-ring (bicyclic) bond motifs is 1. The number of carbonyl (C=O) groups is 2. The Morgan fingerprint density at radius 1 is 1.12 bits per heavy atom. The van der Waals surface area contributed by atoms with Crippen molar-refractivity contribution in [1.82, 2.24) is 19.6 Å². The molecule has 2 aromatic heterocycles. The Kier molecular flexibility index (Phi) is 9.60. The van der Waals surface area contributed by atoms with Crippen molar-refractivity contribution in [2.24, 2.45) is 12.5 Å². The number of halogens is 1. The molecule has 42 heavy (non-hydrogen) atoms. The second-order valence-electron chi connectivity index (χ2n) is 11.4. The fourth-order valence-corrected chi connectivity index (χ4v) is 5.12. The third-order valence-electron chi connectivity index (χ3n) is 6.98. The second kappa shape index (κ2) is 13.0. The number of hydrogen-bond acceptors (Lipinski definition) is 6. The van der Waals surface area contributed by atoms with E-state index in [4.69, 9.17) is 20.8 Å². The predicted octanol–water partition coefficient (Wildman–Crippen LogP) is 4.61. The van der Waals surface area contributed by atoms with Gasteiger partial charge in [-0.15, -0.1) is 0 Å². The molecular formula is C31H38ClN5O5. The third-order valence-corrected chi connectivity index (χ3v) is 7.19. The molecule has 0 radical (unpaired) electrons. The van der Waals surface area contributed by atoms with Crippen LogP contribution in [0, 0.1) is 5.41 Å². The number of carbonyl (C=O) groups excluding carboxylic acids is 2. The van der Waals surface area contributed by atoms with Gasteiger partial charge < -0.3 is 24.7 Å². The summed E-state index contributed by atoms with van der Waals surface area (Å²) in [5.74, 6) is -0.101. The number of hydrogen-bond donors (Lipinski definition) is 2. The van der Waals surface area contributed by atoms with Gasteiger partial charge in [0.25, 0.3) is 11.5 Å². The Morgan fingerprint density at radius 2 is 1.83 bits per heavy atom. The molecule has 10 nitrogen and oxygen atoms in total. The molecule has 0 aliphatic heterocycles. The molecule has 0 aliphatic rings. The Balaban J connectivity index is 1.49. The maximum Gasteiger partial charge on any atom is 0.295 e. The van der Waals surface area contributed by atoms with Gasteiger partial charge in [-0.2, -0.15) is 0 Å². The van der Waals surface area contributed by atoms with Crippen molar-refractivity contribution in [3.8, 4) is 5.69 Å².